The number of halogens is 1. The van der Waals surface area contributed by atoms with Crippen LogP contribution in [0.2, 0.25) is 0 Å². The van der Waals surface area contributed by atoms with Crippen LogP contribution in [-0.4, -0.2) is 55.5 Å². The molecule has 0 aliphatic carbocycles. The van der Waals surface area contributed by atoms with E-state index in [4.69, 9.17) is 0 Å². The van der Waals surface area contributed by atoms with Crippen LogP contribution in [0.1, 0.15) is 23.6 Å². The van der Waals surface area contributed by atoms with E-state index in [9.17, 15) is 4.79 Å². The van der Waals surface area contributed by atoms with Gasteiger partial charge in [-0.25, -0.2) is 0 Å². The minimum Gasteiger partial charge on any atom is -0.356 e. The Balaban J connectivity index is 1.44. The summed E-state index contributed by atoms with van der Waals surface area (Å²) >= 11 is 3.42. The second-order valence-corrected chi connectivity index (χ2v) is 8.15. The van der Waals surface area contributed by atoms with Gasteiger partial charge in [0.25, 0.3) is 0 Å². The van der Waals surface area contributed by atoms with Crippen molar-refractivity contribution in [3.63, 3.8) is 0 Å². The maximum atomic E-state index is 12.1. The van der Waals surface area contributed by atoms with E-state index >= 15 is 0 Å². The van der Waals surface area contributed by atoms with Crippen LogP contribution in [0, 0.1) is 0 Å². The molecule has 1 saturated heterocycles. The molecule has 1 aliphatic heterocycles. The highest BCUT2D eigenvalue weighted by molar-refractivity contribution is 9.10. The molecule has 1 heterocycles. The summed E-state index contributed by atoms with van der Waals surface area (Å²) in [4.78, 5) is 17.1. The maximum Gasteiger partial charge on any atom is 0.224 e. The topological polar surface area (TPSA) is 35.6 Å². The molecule has 1 unspecified atom stereocenters. The molecule has 0 bridgehead atoms. The highest BCUT2D eigenvalue weighted by atomic mass is 79.9. The third kappa shape index (κ3) is 6.16. The summed E-state index contributed by atoms with van der Waals surface area (Å²) in [6.07, 6.45) is 1.41. The maximum absolute atomic E-state index is 12.1. The highest BCUT2D eigenvalue weighted by Gasteiger charge is 2.25. The number of likely N-dealkylation sites (N-methyl/N-ethyl adjacent to an activating group) is 1. The smallest absolute Gasteiger partial charge is 0.224 e. The average molecular weight is 430 g/mol. The van der Waals surface area contributed by atoms with Gasteiger partial charge in [0.1, 0.15) is 0 Å². The molecule has 2 aromatic rings. The van der Waals surface area contributed by atoms with Crippen molar-refractivity contribution in [3.8, 4) is 0 Å². The van der Waals surface area contributed by atoms with Crippen molar-refractivity contribution < 1.29 is 4.79 Å². The molecule has 27 heavy (non-hydrogen) atoms. The largest absolute Gasteiger partial charge is 0.356 e. The van der Waals surface area contributed by atoms with Crippen LogP contribution in [0.5, 0.6) is 0 Å². The normalized spacial score (nSPS) is 18.4. The average Bonchev–Trinajstić information content (AvgIpc) is 2.68. The lowest BCUT2D eigenvalue weighted by Gasteiger charge is -2.40. The van der Waals surface area contributed by atoms with E-state index in [0.29, 0.717) is 12.5 Å². The number of amides is 1. The van der Waals surface area contributed by atoms with Crippen LogP contribution in [-0.2, 0) is 11.2 Å². The predicted molar refractivity (Wildman–Crippen MR) is 114 cm³/mol. The summed E-state index contributed by atoms with van der Waals surface area (Å²) in [5.74, 6) is 0.0929. The molecule has 2 aromatic carbocycles. The molecular formula is C22H28BrN3O. The second kappa shape index (κ2) is 10.0. The van der Waals surface area contributed by atoms with Crippen molar-refractivity contribution in [1.82, 2.24) is 15.1 Å². The second-order valence-electron chi connectivity index (χ2n) is 7.23. The van der Waals surface area contributed by atoms with Crippen LogP contribution in [0.4, 0.5) is 0 Å². The number of nitrogens with zero attached hydrogens (tertiary/aromatic N) is 2. The number of hydrogen-bond donors (Lipinski definition) is 1. The summed E-state index contributed by atoms with van der Waals surface area (Å²) in [5.41, 5.74) is 2.42. The lowest BCUT2D eigenvalue weighted by atomic mass is 10.0. The SMILES string of the molecule is CN1CCN(CCCNC(=O)Cc2ccc(Br)cc2)C(c2ccccc2)C1. The van der Waals surface area contributed by atoms with Crippen molar-refractivity contribution in [2.75, 3.05) is 39.8 Å². The van der Waals surface area contributed by atoms with Gasteiger partial charge in [0.2, 0.25) is 5.91 Å². The fourth-order valence-electron chi connectivity index (χ4n) is 3.58. The Hall–Kier alpha value is -1.69. The number of rotatable bonds is 7. The quantitative estimate of drug-likeness (QED) is 0.684. The molecule has 1 atom stereocenters. The molecule has 0 spiro atoms. The predicted octanol–water partition coefficient (Wildman–Crippen LogP) is 3.49. The van der Waals surface area contributed by atoms with E-state index in [1.54, 1.807) is 0 Å². The molecule has 1 amide bonds. The Morgan fingerprint density at radius 1 is 1.11 bits per heavy atom. The number of carbonyl (C=O) groups is 1. The van der Waals surface area contributed by atoms with Crippen LogP contribution < -0.4 is 5.32 Å². The van der Waals surface area contributed by atoms with Gasteiger partial charge >= 0.3 is 0 Å². The fourth-order valence-corrected chi connectivity index (χ4v) is 3.84. The van der Waals surface area contributed by atoms with Crippen LogP contribution in [0.3, 0.4) is 0 Å². The summed E-state index contributed by atoms with van der Waals surface area (Å²) in [6.45, 7) is 4.96. The Morgan fingerprint density at radius 3 is 2.59 bits per heavy atom. The standard InChI is InChI=1S/C22H28BrN3O/c1-25-14-15-26(21(17-25)19-6-3-2-4-7-19)13-5-12-24-22(27)16-18-8-10-20(23)11-9-18/h2-4,6-11,21H,5,12-17H2,1H3,(H,24,27). The van der Waals surface area contributed by atoms with Crippen molar-refractivity contribution >= 4 is 21.8 Å². The summed E-state index contributed by atoms with van der Waals surface area (Å²) in [5, 5.41) is 3.06. The van der Waals surface area contributed by atoms with Gasteiger partial charge in [-0.05, 0) is 36.7 Å². The van der Waals surface area contributed by atoms with Gasteiger partial charge in [0.15, 0.2) is 0 Å². The number of carbonyl (C=O) groups excluding carboxylic acids is 1. The van der Waals surface area contributed by atoms with Gasteiger partial charge in [0.05, 0.1) is 6.42 Å². The van der Waals surface area contributed by atoms with Crippen molar-refractivity contribution in [1.29, 1.82) is 0 Å². The number of nitrogens with one attached hydrogen (secondary N) is 1. The van der Waals surface area contributed by atoms with Crippen LogP contribution >= 0.6 is 15.9 Å². The minimum absolute atomic E-state index is 0.0929. The molecule has 0 saturated carbocycles. The Morgan fingerprint density at radius 2 is 1.85 bits per heavy atom. The zero-order chi connectivity index (χ0) is 19.1. The number of hydrogen-bond acceptors (Lipinski definition) is 3. The molecule has 1 fully saturated rings. The molecule has 1 N–H and O–H groups in total. The van der Waals surface area contributed by atoms with Gasteiger partial charge < -0.3 is 10.2 Å². The van der Waals surface area contributed by atoms with Crippen molar-refractivity contribution in [3.05, 3.63) is 70.2 Å². The lowest BCUT2D eigenvalue weighted by molar-refractivity contribution is -0.120. The first kappa shape index (κ1) is 20.1. The van der Waals surface area contributed by atoms with Gasteiger partial charge in [-0.2, -0.15) is 0 Å². The van der Waals surface area contributed by atoms with Crippen molar-refractivity contribution in [2.45, 2.75) is 18.9 Å². The molecule has 1 aliphatic rings. The molecule has 0 radical (unpaired) electrons. The fraction of sp³-hybridized carbons (Fsp3) is 0.409. The summed E-state index contributed by atoms with van der Waals surface area (Å²) < 4.78 is 1.03. The van der Waals surface area contributed by atoms with Gasteiger partial charge in [-0.15, -0.1) is 0 Å². The first-order valence-electron chi connectivity index (χ1n) is 9.60. The third-order valence-electron chi connectivity index (χ3n) is 5.10. The molecule has 144 valence electrons. The molecule has 0 aromatic heterocycles. The van der Waals surface area contributed by atoms with Crippen LogP contribution in [0.15, 0.2) is 59.1 Å². The molecule has 4 nitrogen and oxygen atoms in total. The highest BCUT2D eigenvalue weighted by Crippen LogP contribution is 2.24. The molecular weight excluding hydrogens is 402 g/mol. The minimum atomic E-state index is 0.0929. The van der Waals surface area contributed by atoms with E-state index < -0.39 is 0 Å². The molecule has 3 rings (SSSR count). The van der Waals surface area contributed by atoms with Crippen molar-refractivity contribution in [2.24, 2.45) is 0 Å². The first-order chi connectivity index (χ1) is 13.1. The van der Waals surface area contributed by atoms with E-state index in [1.165, 1.54) is 5.56 Å². The Kier molecular flexibility index (Phi) is 7.44. The van der Waals surface area contributed by atoms with E-state index in [1.807, 2.05) is 24.3 Å². The Labute approximate surface area is 170 Å². The zero-order valence-electron chi connectivity index (χ0n) is 15.9. The zero-order valence-corrected chi connectivity index (χ0v) is 17.5. The monoisotopic (exact) mass is 429 g/mol. The Bertz CT molecular complexity index is 720. The molecule has 5 heteroatoms. The van der Waals surface area contributed by atoms with E-state index in [2.05, 4.69) is 68.4 Å². The third-order valence-corrected chi connectivity index (χ3v) is 5.63. The van der Waals surface area contributed by atoms with E-state index in [0.717, 1.165) is 49.2 Å². The summed E-state index contributed by atoms with van der Waals surface area (Å²) in [6, 6.07) is 19.1. The van der Waals surface area contributed by atoms with Gasteiger partial charge in [-0.3, -0.25) is 9.69 Å². The first-order valence-corrected chi connectivity index (χ1v) is 10.4. The summed E-state index contributed by atoms with van der Waals surface area (Å²) in [7, 11) is 2.19. The number of benzene rings is 2. The van der Waals surface area contributed by atoms with Gasteiger partial charge in [-0.1, -0.05) is 58.4 Å². The number of piperazine rings is 1. The van der Waals surface area contributed by atoms with Gasteiger partial charge in [0, 0.05) is 43.2 Å². The lowest BCUT2D eigenvalue weighted by Crippen LogP contribution is -2.47. The van der Waals surface area contributed by atoms with E-state index in [-0.39, 0.29) is 5.91 Å². The van der Waals surface area contributed by atoms with Crippen LogP contribution in [0.25, 0.3) is 0 Å².